The lowest BCUT2D eigenvalue weighted by molar-refractivity contribution is 0.136. The van der Waals surface area contributed by atoms with Crippen LogP contribution in [0.3, 0.4) is 0 Å². The highest BCUT2D eigenvalue weighted by Gasteiger charge is 2.34. The van der Waals surface area contributed by atoms with Crippen molar-refractivity contribution < 1.29 is 5.11 Å². The molecule has 2 rings (SSSR count). The Balaban J connectivity index is 0.000000980. The molecule has 1 aromatic rings. The zero-order valence-electron chi connectivity index (χ0n) is 8.17. The van der Waals surface area contributed by atoms with Crippen LogP contribution < -0.4 is 5.73 Å². The van der Waals surface area contributed by atoms with Crippen LogP contribution in [0.4, 0.5) is 0 Å². The van der Waals surface area contributed by atoms with Gasteiger partial charge in [0.15, 0.2) is 0 Å². The van der Waals surface area contributed by atoms with Gasteiger partial charge < -0.3 is 10.8 Å². The van der Waals surface area contributed by atoms with Crippen molar-refractivity contribution in [1.29, 1.82) is 0 Å². The van der Waals surface area contributed by atoms with Crippen molar-refractivity contribution >= 4 is 24.8 Å². The molecule has 7 heteroatoms. The first-order valence-corrected chi connectivity index (χ1v) is 4.54. The van der Waals surface area contributed by atoms with Crippen LogP contribution in [-0.2, 0) is 0 Å². The second kappa shape index (κ2) is 6.27. The number of aliphatic hydroxyl groups excluding tert-OH is 1. The highest BCUT2D eigenvalue weighted by atomic mass is 35.5. The third kappa shape index (κ3) is 3.04. The van der Waals surface area contributed by atoms with E-state index in [1.165, 1.54) is 6.33 Å². The van der Waals surface area contributed by atoms with Gasteiger partial charge in [-0.2, -0.15) is 5.10 Å². The zero-order valence-corrected chi connectivity index (χ0v) is 9.80. The van der Waals surface area contributed by atoms with E-state index in [1.54, 1.807) is 0 Å². The molecule has 0 bridgehead atoms. The number of aromatic nitrogens is 3. The molecule has 0 aliphatic heterocycles. The molecule has 1 fully saturated rings. The number of hydrogen-bond acceptors (Lipinski definition) is 4. The summed E-state index contributed by atoms with van der Waals surface area (Å²) >= 11 is 0. The minimum atomic E-state index is -0.278. The standard InChI is InChI=1S/C8H14N4O.2ClH/c9-3-6-1-5(2-7(6)13)8-10-4-11-12-8;;/h4-7,13H,1-3,9H2,(H,10,11,12);2*1H/t5-,6+,7+;;/m1../s1. The second-order valence-electron chi connectivity index (χ2n) is 3.60. The Morgan fingerprint density at radius 2 is 2.20 bits per heavy atom. The van der Waals surface area contributed by atoms with Gasteiger partial charge in [-0.25, -0.2) is 4.98 Å². The molecule has 3 atom stereocenters. The normalized spacial score (nSPS) is 29.3. The minimum absolute atomic E-state index is 0. The molecule has 1 saturated carbocycles. The smallest absolute Gasteiger partial charge is 0.137 e. The summed E-state index contributed by atoms with van der Waals surface area (Å²) in [5.74, 6) is 1.39. The lowest BCUT2D eigenvalue weighted by atomic mass is 10.0. The van der Waals surface area contributed by atoms with E-state index in [2.05, 4.69) is 15.2 Å². The highest BCUT2D eigenvalue weighted by Crippen LogP contribution is 2.36. The lowest BCUT2D eigenvalue weighted by Crippen LogP contribution is -2.21. The summed E-state index contributed by atoms with van der Waals surface area (Å²) < 4.78 is 0. The predicted molar refractivity (Wildman–Crippen MR) is 61.4 cm³/mol. The summed E-state index contributed by atoms with van der Waals surface area (Å²) in [6, 6.07) is 0. The van der Waals surface area contributed by atoms with Crippen molar-refractivity contribution in [2.75, 3.05) is 6.54 Å². The lowest BCUT2D eigenvalue weighted by Gasteiger charge is -2.09. The Bertz CT molecular complexity index is 270. The largest absolute Gasteiger partial charge is 0.393 e. The van der Waals surface area contributed by atoms with Gasteiger partial charge in [0.2, 0.25) is 0 Å². The first-order valence-electron chi connectivity index (χ1n) is 4.54. The molecule has 0 spiro atoms. The third-order valence-corrected chi connectivity index (χ3v) is 2.78. The third-order valence-electron chi connectivity index (χ3n) is 2.78. The summed E-state index contributed by atoms with van der Waals surface area (Å²) in [5, 5.41) is 16.2. The fourth-order valence-electron chi connectivity index (χ4n) is 1.99. The van der Waals surface area contributed by atoms with Crippen molar-refractivity contribution in [2.45, 2.75) is 24.9 Å². The van der Waals surface area contributed by atoms with Crippen LogP contribution in [-0.4, -0.2) is 32.9 Å². The number of aliphatic hydroxyl groups is 1. The summed E-state index contributed by atoms with van der Waals surface area (Å²) in [7, 11) is 0. The number of rotatable bonds is 2. The molecule has 0 unspecified atom stereocenters. The molecule has 0 radical (unpaired) electrons. The monoisotopic (exact) mass is 254 g/mol. The fraction of sp³-hybridized carbons (Fsp3) is 0.750. The number of nitrogens with two attached hydrogens (primary N) is 1. The van der Waals surface area contributed by atoms with Crippen molar-refractivity contribution in [3.63, 3.8) is 0 Å². The van der Waals surface area contributed by atoms with Gasteiger partial charge in [0.1, 0.15) is 12.2 Å². The van der Waals surface area contributed by atoms with Crippen LogP contribution >= 0.6 is 24.8 Å². The van der Waals surface area contributed by atoms with E-state index in [0.717, 1.165) is 18.7 Å². The molecule has 1 aromatic heterocycles. The number of hydrogen-bond donors (Lipinski definition) is 3. The van der Waals surface area contributed by atoms with Crippen LogP contribution in [0.25, 0.3) is 0 Å². The molecular formula is C8H16Cl2N4O. The van der Waals surface area contributed by atoms with E-state index in [-0.39, 0.29) is 36.8 Å². The molecule has 5 nitrogen and oxygen atoms in total. The van der Waals surface area contributed by atoms with Crippen LogP contribution in [0, 0.1) is 5.92 Å². The SMILES string of the molecule is Cl.Cl.NC[C@@H]1C[C@@H](c2ncn[nH]2)C[C@@H]1O. The second-order valence-corrected chi connectivity index (χ2v) is 3.60. The van der Waals surface area contributed by atoms with Gasteiger partial charge in [0.05, 0.1) is 6.10 Å². The van der Waals surface area contributed by atoms with Crippen molar-refractivity contribution in [3.05, 3.63) is 12.2 Å². The van der Waals surface area contributed by atoms with Gasteiger partial charge in [-0.1, -0.05) is 0 Å². The topological polar surface area (TPSA) is 87.8 Å². The van der Waals surface area contributed by atoms with E-state index in [9.17, 15) is 5.11 Å². The van der Waals surface area contributed by atoms with Crippen LogP contribution in [0.5, 0.6) is 0 Å². The van der Waals surface area contributed by atoms with Gasteiger partial charge in [0.25, 0.3) is 0 Å². The molecule has 0 aromatic carbocycles. The van der Waals surface area contributed by atoms with Crippen molar-refractivity contribution in [2.24, 2.45) is 11.7 Å². The molecule has 4 N–H and O–H groups in total. The van der Waals surface area contributed by atoms with Crippen LogP contribution in [0.1, 0.15) is 24.6 Å². The van der Waals surface area contributed by atoms with E-state index in [0.29, 0.717) is 12.5 Å². The van der Waals surface area contributed by atoms with Gasteiger partial charge in [-0.15, -0.1) is 24.8 Å². The molecule has 1 heterocycles. The van der Waals surface area contributed by atoms with E-state index >= 15 is 0 Å². The Hall–Kier alpha value is -0.360. The van der Waals surface area contributed by atoms with Gasteiger partial charge in [-0.3, -0.25) is 5.10 Å². The summed E-state index contributed by atoms with van der Waals surface area (Å²) in [6.45, 7) is 0.547. The quantitative estimate of drug-likeness (QED) is 0.716. The first-order chi connectivity index (χ1) is 6.31. The van der Waals surface area contributed by atoms with E-state index in [1.807, 2.05) is 0 Å². The summed E-state index contributed by atoms with van der Waals surface area (Å²) in [5.41, 5.74) is 5.53. The molecule has 1 aliphatic rings. The molecular weight excluding hydrogens is 239 g/mol. The number of aromatic amines is 1. The summed E-state index contributed by atoms with van der Waals surface area (Å²) in [6.07, 6.45) is 2.88. The van der Waals surface area contributed by atoms with Crippen molar-refractivity contribution in [3.8, 4) is 0 Å². The van der Waals surface area contributed by atoms with E-state index < -0.39 is 0 Å². The average molecular weight is 255 g/mol. The molecule has 88 valence electrons. The Labute approximate surface area is 101 Å². The average Bonchev–Trinajstić information content (AvgIpc) is 2.71. The maximum atomic E-state index is 9.62. The number of nitrogens with zero attached hydrogens (tertiary/aromatic N) is 2. The Kier molecular flexibility index (Phi) is 6.12. The number of H-pyrrole nitrogens is 1. The Morgan fingerprint density at radius 1 is 1.47 bits per heavy atom. The maximum Gasteiger partial charge on any atom is 0.137 e. The number of halogens is 2. The van der Waals surface area contributed by atoms with Gasteiger partial charge in [-0.05, 0) is 25.3 Å². The molecule has 15 heavy (non-hydrogen) atoms. The minimum Gasteiger partial charge on any atom is -0.393 e. The van der Waals surface area contributed by atoms with Crippen LogP contribution in [0.2, 0.25) is 0 Å². The van der Waals surface area contributed by atoms with Crippen LogP contribution in [0.15, 0.2) is 6.33 Å². The number of nitrogens with one attached hydrogen (secondary N) is 1. The van der Waals surface area contributed by atoms with E-state index in [4.69, 9.17) is 5.73 Å². The van der Waals surface area contributed by atoms with Crippen molar-refractivity contribution in [1.82, 2.24) is 15.2 Å². The fourth-order valence-corrected chi connectivity index (χ4v) is 1.99. The maximum absolute atomic E-state index is 9.62. The summed E-state index contributed by atoms with van der Waals surface area (Å²) in [4.78, 5) is 4.08. The molecule has 0 amide bonds. The van der Waals surface area contributed by atoms with Gasteiger partial charge in [0, 0.05) is 5.92 Å². The van der Waals surface area contributed by atoms with Gasteiger partial charge >= 0.3 is 0 Å². The predicted octanol–water partition coefficient (Wildman–Crippen LogP) is 0.461. The molecule has 1 aliphatic carbocycles. The molecule has 0 saturated heterocycles. The zero-order chi connectivity index (χ0) is 9.26. The highest BCUT2D eigenvalue weighted by molar-refractivity contribution is 5.85. The Morgan fingerprint density at radius 3 is 2.67 bits per heavy atom. The first kappa shape index (κ1) is 14.6.